The molecule has 0 spiro atoms. The number of rotatable bonds is 8. The first-order chi connectivity index (χ1) is 14.4. The number of halogens is 3. The zero-order valence-electron chi connectivity index (χ0n) is 16.1. The summed E-state index contributed by atoms with van der Waals surface area (Å²) in [5.74, 6) is -0.511. The highest BCUT2D eigenvalue weighted by molar-refractivity contribution is 7.90. The van der Waals surface area contributed by atoms with Crippen molar-refractivity contribution in [1.29, 1.82) is 0 Å². The van der Waals surface area contributed by atoms with E-state index in [2.05, 4.69) is 10.6 Å². The number of hydrogen-bond donors (Lipinski definition) is 2. The average molecular weight is 457 g/mol. The molecular weight excluding hydrogens is 439 g/mol. The molecule has 0 fully saturated rings. The third kappa shape index (κ3) is 7.10. The van der Waals surface area contributed by atoms with Gasteiger partial charge in [0, 0.05) is 31.5 Å². The normalized spacial score (nSPS) is 12.0. The Morgan fingerprint density at radius 1 is 1.13 bits per heavy atom. The Hall–Kier alpha value is -3.41. The Morgan fingerprint density at radius 3 is 2.32 bits per heavy atom. The van der Waals surface area contributed by atoms with Crippen LogP contribution in [-0.2, 0) is 20.8 Å². The van der Waals surface area contributed by atoms with Gasteiger partial charge in [0.1, 0.15) is 5.69 Å². The molecule has 0 unspecified atom stereocenters. The lowest BCUT2D eigenvalue weighted by Crippen LogP contribution is -2.27. The van der Waals surface area contributed by atoms with Crippen LogP contribution in [0.4, 0.5) is 24.5 Å². The van der Waals surface area contributed by atoms with Crippen molar-refractivity contribution in [2.75, 3.05) is 24.7 Å². The number of amides is 1. The van der Waals surface area contributed by atoms with Crippen LogP contribution >= 0.6 is 0 Å². The molecule has 0 heterocycles. The second-order valence-electron chi connectivity index (χ2n) is 6.38. The van der Waals surface area contributed by atoms with Gasteiger partial charge < -0.3 is 10.6 Å². The predicted molar refractivity (Wildman–Crippen MR) is 108 cm³/mol. The first kappa shape index (κ1) is 23.9. The molecule has 0 saturated heterocycles. The molecule has 2 rings (SSSR count). The molecule has 0 saturated carbocycles. The van der Waals surface area contributed by atoms with Crippen LogP contribution in [0.3, 0.4) is 0 Å². The maximum Gasteiger partial charge on any atom is 0.416 e. The smallest absolute Gasteiger partial charge is 0.378 e. The Labute approximate surface area is 175 Å². The van der Waals surface area contributed by atoms with Crippen LogP contribution in [-0.4, -0.2) is 38.6 Å². The Bertz CT molecular complexity index is 1100. The zero-order valence-corrected chi connectivity index (χ0v) is 17.0. The summed E-state index contributed by atoms with van der Waals surface area (Å²) >= 11 is 0. The zero-order chi connectivity index (χ0) is 23.2. The van der Waals surface area contributed by atoms with E-state index in [4.69, 9.17) is 0 Å². The van der Waals surface area contributed by atoms with Crippen LogP contribution in [0.5, 0.6) is 0 Å². The molecule has 2 aromatic rings. The van der Waals surface area contributed by atoms with Crippen LogP contribution in [0.1, 0.15) is 11.1 Å². The summed E-state index contributed by atoms with van der Waals surface area (Å²) in [6.45, 7) is 0.195. The fourth-order valence-corrected chi connectivity index (χ4v) is 3.08. The number of carbonyl (C=O) groups excluding carboxylic acids is 1. The number of sulfone groups is 1. The molecule has 0 bridgehead atoms. The first-order valence-corrected chi connectivity index (χ1v) is 10.6. The summed E-state index contributed by atoms with van der Waals surface area (Å²) in [6, 6.07) is 7.72. The van der Waals surface area contributed by atoms with Crippen LogP contribution in [0.2, 0.25) is 0 Å². The van der Waals surface area contributed by atoms with Gasteiger partial charge in [-0.1, -0.05) is 12.1 Å². The highest BCUT2D eigenvalue weighted by Gasteiger charge is 2.29. The number of anilines is 1. The standard InChI is InChI=1S/C19H18F3N3O5S/c1-31(29,30)15-7-8-16(17(12-15)25(27)28)23-10-11-24-18(26)9-4-13-2-5-14(6-3-13)19(20,21)22/h2-9,12,23H,10-11H2,1H3,(H,24,26)/b9-4+. The molecule has 1 amide bonds. The van der Waals surface area contributed by atoms with Crippen molar-refractivity contribution >= 4 is 33.2 Å². The molecule has 166 valence electrons. The summed E-state index contributed by atoms with van der Waals surface area (Å²) in [5, 5.41) is 16.4. The van der Waals surface area contributed by atoms with E-state index in [-0.39, 0.29) is 23.7 Å². The fraction of sp³-hybridized carbons (Fsp3) is 0.211. The van der Waals surface area contributed by atoms with E-state index in [0.29, 0.717) is 5.56 Å². The third-order valence-corrected chi connectivity index (χ3v) is 5.11. The number of alkyl halides is 3. The number of benzene rings is 2. The number of nitro groups is 1. The molecule has 2 N–H and O–H groups in total. The second kappa shape index (κ2) is 9.60. The summed E-state index contributed by atoms with van der Waals surface area (Å²) in [4.78, 5) is 22.1. The Balaban J connectivity index is 1.89. The molecule has 0 aromatic heterocycles. The molecule has 0 aliphatic carbocycles. The van der Waals surface area contributed by atoms with Crippen molar-refractivity contribution in [2.45, 2.75) is 11.1 Å². The summed E-state index contributed by atoms with van der Waals surface area (Å²) in [5.41, 5.74) is -0.717. The third-order valence-electron chi connectivity index (χ3n) is 4.00. The number of carbonyl (C=O) groups is 1. The highest BCUT2D eigenvalue weighted by atomic mass is 32.2. The largest absolute Gasteiger partial charge is 0.416 e. The van der Waals surface area contributed by atoms with Gasteiger partial charge in [-0.3, -0.25) is 14.9 Å². The van der Waals surface area contributed by atoms with Crippen molar-refractivity contribution in [3.8, 4) is 0 Å². The number of nitrogens with one attached hydrogen (secondary N) is 2. The van der Waals surface area contributed by atoms with E-state index >= 15 is 0 Å². The molecule has 0 aliphatic rings. The lowest BCUT2D eigenvalue weighted by Gasteiger charge is -2.09. The lowest BCUT2D eigenvalue weighted by molar-refractivity contribution is -0.384. The highest BCUT2D eigenvalue weighted by Crippen LogP contribution is 2.29. The topological polar surface area (TPSA) is 118 Å². The van der Waals surface area contributed by atoms with Gasteiger partial charge >= 0.3 is 6.18 Å². The first-order valence-electron chi connectivity index (χ1n) is 8.73. The van der Waals surface area contributed by atoms with Gasteiger partial charge in [-0.05, 0) is 35.9 Å². The minimum absolute atomic E-state index is 0.0845. The molecular formula is C19H18F3N3O5S. The van der Waals surface area contributed by atoms with Gasteiger partial charge in [0.05, 0.1) is 15.4 Å². The van der Waals surface area contributed by atoms with Crippen molar-refractivity contribution in [2.24, 2.45) is 0 Å². The second-order valence-corrected chi connectivity index (χ2v) is 8.39. The Kier molecular flexibility index (Phi) is 7.39. The number of hydrogen-bond acceptors (Lipinski definition) is 6. The SMILES string of the molecule is CS(=O)(=O)c1ccc(NCCNC(=O)/C=C/c2ccc(C(F)(F)F)cc2)c([N+](=O)[O-])c1. The summed E-state index contributed by atoms with van der Waals surface area (Å²) in [7, 11) is -3.60. The minimum Gasteiger partial charge on any atom is -0.378 e. The van der Waals surface area contributed by atoms with E-state index in [1.165, 1.54) is 30.3 Å². The maximum atomic E-state index is 12.5. The maximum absolute atomic E-state index is 12.5. The quantitative estimate of drug-likeness (QED) is 0.272. The molecule has 31 heavy (non-hydrogen) atoms. The van der Waals surface area contributed by atoms with E-state index in [1.54, 1.807) is 0 Å². The summed E-state index contributed by atoms with van der Waals surface area (Å²) < 4.78 is 60.6. The van der Waals surface area contributed by atoms with Crippen LogP contribution < -0.4 is 10.6 Å². The molecule has 0 radical (unpaired) electrons. The minimum atomic E-state index is -4.44. The average Bonchev–Trinajstić information content (AvgIpc) is 2.68. The van der Waals surface area contributed by atoms with Crippen LogP contribution in [0.15, 0.2) is 53.4 Å². The van der Waals surface area contributed by atoms with Gasteiger partial charge in [0.2, 0.25) is 5.91 Å². The van der Waals surface area contributed by atoms with Gasteiger partial charge in [-0.2, -0.15) is 13.2 Å². The van der Waals surface area contributed by atoms with Crippen LogP contribution in [0.25, 0.3) is 6.08 Å². The van der Waals surface area contributed by atoms with E-state index < -0.39 is 38.1 Å². The van der Waals surface area contributed by atoms with Gasteiger partial charge in [-0.25, -0.2) is 8.42 Å². The monoisotopic (exact) mass is 457 g/mol. The van der Waals surface area contributed by atoms with E-state index in [1.807, 2.05) is 0 Å². The van der Waals surface area contributed by atoms with E-state index in [0.717, 1.165) is 30.5 Å². The molecule has 8 nitrogen and oxygen atoms in total. The molecule has 2 aromatic carbocycles. The Morgan fingerprint density at radius 2 is 1.77 bits per heavy atom. The molecule has 12 heteroatoms. The van der Waals surface area contributed by atoms with Crippen molar-refractivity contribution in [3.63, 3.8) is 0 Å². The molecule has 0 aliphatic heterocycles. The van der Waals surface area contributed by atoms with Gasteiger partial charge in [-0.15, -0.1) is 0 Å². The number of nitro benzene ring substituents is 1. The van der Waals surface area contributed by atoms with Crippen molar-refractivity contribution in [3.05, 3.63) is 69.8 Å². The lowest BCUT2D eigenvalue weighted by atomic mass is 10.1. The fourth-order valence-electron chi connectivity index (χ4n) is 2.44. The molecule has 0 atom stereocenters. The van der Waals surface area contributed by atoms with Crippen LogP contribution in [0, 0.1) is 10.1 Å². The van der Waals surface area contributed by atoms with Crippen molar-refractivity contribution in [1.82, 2.24) is 5.32 Å². The van der Waals surface area contributed by atoms with E-state index in [9.17, 15) is 36.5 Å². The van der Waals surface area contributed by atoms with Gasteiger partial charge in [0.15, 0.2) is 9.84 Å². The van der Waals surface area contributed by atoms with Crippen molar-refractivity contribution < 1.29 is 31.3 Å². The predicted octanol–water partition coefficient (Wildman–Crippen LogP) is 3.26. The summed E-state index contributed by atoms with van der Waals surface area (Å²) in [6.07, 6.45) is -1.01. The van der Waals surface area contributed by atoms with Gasteiger partial charge in [0.25, 0.3) is 5.69 Å². The number of nitrogens with zero attached hydrogens (tertiary/aromatic N) is 1.